The quantitative estimate of drug-likeness (QED) is 0.598. The van der Waals surface area contributed by atoms with E-state index in [9.17, 15) is 9.59 Å². The summed E-state index contributed by atoms with van der Waals surface area (Å²) in [5, 5.41) is 5.78. The number of carbonyl (C=O) groups excluding carboxylic acids is 2. The Morgan fingerprint density at radius 2 is 1.66 bits per heavy atom. The molecular formula is C24H22N2O2S. The molecule has 0 saturated heterocycles. The lowest BCUT2D eigenvalue weighted by atomic mass is 10.00. The fourth-order valence-electron chi connectivity index (χ4n) is 3.25. The van der Waals surface area contributed by atoms with Crippen LogP contribution < -0.4 is 10.6 Å². The van der Waals surface area contributed by atoms with Crippen molar-refractivity contribution >= 4 is 35.0 Å². The third-order valence-electron chi connectivity index (χ3n) is 5.09. The summed E-state index contributed by atoms with van der Waals surface area (Å²) in [6, 6.07) is 19.7. The first-order valence-electron chi connectivity index (χ1n) is 9.57. The van der Waals surface area contributed by atoms with Gasteiger partial charge in [-0.3, -0.25) is 9.59 Å². The van der Waals surface area contributed by atoms with E-state index in [1.54, 1.807) is 23.9 Å². The van der Waals surface area contributed by atoms with Gasteiger partial charge in [-0.25, -0.2) is 0 Å². The standard InChI is InChI=1S/C24H22N2O2S/c1-15-3-8-21(13-16(15)2)29-20-9-6-19(7-10-20)25-24(28)18-4-11-22-17(14-18)5-12-23(27)26-22/h3-4,6-11,13-14H,5,12H2,1-2H3,(H,25,28)(H,26,27). The van der Waals surface area contributed by atoms with Crippen LogP contribution in [0.1, 0.15) is 33.5 Å². The maximum atomic E-state index is 12.6. The third kappa shape index (κ3) is 4.51. The van der Waals surface area contributed by atoms with E-state index in [-0.39, 0.29) is 11.8 Å². The Morgan fingerprint density at radius 1 is 0.897 bits per heavy atom. The zero-order valence-corrected chi connectivity index (χ0v) is 17.2. The Morgan fingerprint density at radius 3 is 2.41 bits per heavy atom. The molecule has 4 nitrogen and oxygen atoms in total. The van der Waals surface area contributed by atoms with E-state index in [4.69, 9.17) is 0 Å². The van der Waals surface area contributed by atoms with Crippen molar-refractivity contribution in [1.82, 2.24) is 0 Å². The van der Waals surface area contributed by atoms with E-state index in [1.807, 2.05) is 30.3 Å². The number of amides is 2. The molecule has 1 aliphatic heterocycles. The van der Waals surface area contributed by atoms with Gasteiger partial charge in [0.25, 0.3) is 5.91 Å². The van der Waals surface area contributed by atoms with Crippen LogP contribution in [0.4, 0.5) is 11.4 Å². The highest BCUT2D eigenvalue weighted by Crippen LogP contribution is 2.30. The lowest BCUT2D eigenvalue weighted by molar-refractivity contribution is -0.116. The molecule has 0 radical (unpaired) electrons. The van der Waals surface area contributed by atoms with E-state index in [1.165, 1.54) is 16.0 Å². The number of hydrogen-bond donors (Lipinski definition) is 2. The molecule has 3 aromatic carbocycles. The molecular weight excluding hydrogens is 380 g/mol. The molecule has 0 fully saturated rings. The van der Waals surface area contributed by atoms with Crippen LogP contribution >= 0.6 is 11.8 Å². The second-order valence-corrected chi connectivity index (χ2v) is 8.39. The van der Waals surface area contributed by atoms with Crippen molar-refractivity contribution in [2.75, 3.05) is 10.6 Å². The Hall–Kier alpha value is -3.05. The number of anilines is 2. The molecule has 0 aliphatic carbocycles. The summed E-state index contributed by atoms with van der Waals surface area (Å²) in [6.07, 6.45) is 1.12. The predicted octanol–water partition coefficient (Wildman–Crippen LogP) is 5.59. The zero-order valence-electron chi connectivity index (χ0n) is 16.4. The minimum absolute atomic E-state index is 0.0217. The number of hydrogen-bond acceptors (Lipinski definition) is 3. The third-order valence-corrected chi connectivity index (χ3v) is 6.09. The van der Waals surface area contributed by atoms with Crippen LogP contribution in [0.2, 0.25) is 0 Å². The van der Waals surface area contributed by atoms with Gasteiger partial charge in [0.1, 0.15) is 0 Å². The first-order chi connectivity index (χ1) is 14.0. The summed E-state index contributed by atoms with van der Waals surface area (Å²) in [7, 11) is 0. The summed E-state index contributed by atoms with van der Waals surface area (Å²) in [5.41, 5.74) is 5.71. The molecule has 0 bridgehead atoms. The Balaban J connectivity index is 1.42. The molecule has 0 unspecified atom stereocenters. The first kappa shape index (κ1) is 19.3. The van der Waals surface area contributed by atoms with E-state index in [2.05, 4.69) is 42.7 Å². The molecule has 1 aliphatic rings. The minimum atomic E-state index is -0.153. The number of aryl methyl sites for hydroxylation is 3. The average molecular weight is 403 g/mol. The smallest absolute Gasteiger partial charge is 0.255 e. The summed E-state index contributed by atoms with van der Waals surface area (Å²) in [6.45, 7) is 4.23. The monoisotopic (exact) mass is 402 g/mol. The number of nitrogens with one attached hydrogen (secondary N) is 2. The van der Waals surface area contributed by atoms with Crippen molar-refractivity contribution in [3.8, 4) is 0 Å². The van der Waals surface area contributed by atoms with Gasteiger partial charge in [0, 0.05) is 33.2 Å². The lowest BCUT2D eigenvalue weighted by Gasteiger charge is -2.17. The molecule has 146 valence electrons. The van der Waals surface area contributed by atoms with E-state index >= 15 is 0 Å². The van der Waals surface area contributed by atoms with Crippen molar-refractivity contribution in [3.05, 3.63) is 82.9 Å². The van der Waals surface area contributed by atoms with Crippen LogP contribution in [0.5, 0.6) is 0 Å². The van der Waals surface area contributed by atoms with E-state index in [0.717, 1.165) is 21.8 Å². The van der Waals surface area contributed by atoms with Gasteiger partial charge in [-0.05, 0) is 91.6 Å². The van der Waals surface area contributed by atoms with Crippen molar-refractivity contribution in [1.29, 1.82) is 0 Å². The van der Waals surface area contributed by atoms with Gasteiger partial charge >= 0.3 is 0 Å². The van der Waals surface area contributed by atoms with Gasteiger partial charge in [-0.1, -0.05) is 17.8 Å². The van der Waals surface area contributed by atoms with Crippen LogP contribution in [0, 0.1) is 13.8 Å². The normalized spacial score (nSPS) is 12.8. The molecule has 0 atom stereocenters. The SMILES string of the molecule is Cc1ccc(Sc2ccc(NC(=O)c3ccc4c(c3)CCC(=O)N4)cc2)cc1C. The maximum absolute atomic E-state index is 12.6. The first-order valence-corrected chi connectivity index (χ1v) is 10.4. The molecule has 29 heavy (non-hydrogen) atoms. The van der Waals surface area contributed by atoms with Crippen LogP contribution in [0.25, 0.3) is 0 Å². The Bertz CT molecular complexity index is 1090. The highest BCUT2D eigenvalue weighted by atomic mass is 32.2. The summed E-state index contributed by atoms with van der Waals surface area (Å²) < 4.78 is 0. The number of carbonyl (C=O) groups is 2. The highest BCUT2D eigenvalue weighted by Gasteiger charge is 2.16. The van der Waals surface area contributed by atoms with Crippen LogP contribution in [-0.4, -0.2) is 11.8 Å². The predicted molar refractivity (Wildman–Crippen MR) is 118 cm³/mol. The van der Waals surface area contributed by atoms with Gasteiger partial charge in [0.05, 0.1) is 0 Å². The fraction of sp³-hybridized carbons (Fsp3) is 0.167. The van der Waals surface area contributed by atoms with E-state index in [0.29, 0.717) is 18.4 Å². The molecule has 0 aromatic heterocycles. The topological polar surface area (TPSA) is 58.2 Å². The van der Waals surface area contributed by atoms with Gasteiger partial charge in [-0.15, -0.1) is 0 Å². The zero-order chi connectivity index (χ0) is 20.4. The minimum Gasteiger partial charge on any atom is -0.326 e. The Kier molecular flexibility index (Phi) is 5.41. The maximum Gasteiger partial charge on any atom is 0.255 e. The Labute approximate surface area is 174 Å². The second-order valence-electron chi connectivity index (χ2n) is 7.25. The van der Waals surface area contributed by atoms with Gasteiger partial charge in [0.2, 0.25) is 5.91 Å². The van der Waals surface area contributed by atoms with Gasteiger partial charge < -0.3 is 10.6 Å². The molecule has 1 heterocycles. The average Bonchev–Trinajstić information content (AvgIpc) is 2.72. The molecule has 2 N–H and O–H groups in total. The van der Waals surface area contributed by atoms with Crippen LogP contribution in [0.15, 0.2) is 70.5 Å². The molecule has 4 rings (SSSR count). The van der Waals surface area contributed by atoms with Crippen LogP contribution in [-0.2, 0) is 11.2 Å². The summed E-state index contributed by atoms with van der Waals surface area (Å²) >= 11 is 1.70. The van der Waals surface area contributed by atoms with Crippen molar-refractivity contribution in [3.63, 3.8) is 0 Å². The molecule has 3 aromatic rings. The number of fused-ring (bicyclic) bond motifs is 1. The molecule has 2 amide bonds. The van der Waals surface area contributed by atoms with Crippen molar-refractivity contribution < 1.29 is 9.59 Å². The summed E-state index contributed by atoms with van der Waals surface area (Å²) in [4.78, 5) is 26.4. The second kappa shape index (κ2) is 8.13. The lowest BCUT2D eigenvalue weighted by Crippen LogP contribution is -2.20. The van der Waals surface area contributed by atoms with Crippen molar-refractivity contribution in [2.24, 2.45) is 0 Å². The fourth-order valence-corrected chi connectivity index (χ4v) is 4.16. The molecule has 5 heteroatoms. The largest absolute Gasteiger partial charge is 0.326 e. The van der Waals surface area contributed by atoms with Crippen LogP contribution in [0.3, 0.4) is 0 Å². The van der Waals surface area contributed by atoms with E-state index < -0.39 is 0 Å². The highest BCUT2D eigenvalue weighted by molar-refractivity contribution is 7.99. The number of rotatable bonds is 4. The molecule has 0 spiro atoms. The van der Waals surface area contributed by atoms with Gasteiger partial charge in [0.15, 0.2) is 0 Å². The molecule has 0 saturated carbocycles. The van der Waals surface area contributed by atoms with Gasteiger partial charge in [-0.2, -0.15) is 0 Å². The number of benzene rings is 3. The van der Waals surface area contributed by atoms with Crippen molar-refractivity contribution in [2.45, 2.75) is 36.5 Å². The summed E-state index contributed by atoms with van der Waals surface area (Å²) in [5.74, 6) is -0.132.